The average molecular weight is 305 g/mol. The number of ketones is 1. The van der Waals surface area contributed by atoms with E-state index in [1.165, 1.54) is 12.1 Å². The van der Waals surface area contributed by atoms with Crippen LogP contribution in [0.3, 0.4) is 0 Å². The van der Waals surface area contributed by atoms with E-state index in [0.29, 0.717) is 6.42 Å². The molecule has 3 aromatic rings. The summed E-state index contributed by atoms with van der Waals surface area (Å²) < 4.78 is 13.1. The Labute approximate surface area is 133 Å². The van der Waals surface area contributed by atoms with Crippen molar-refractivity contribution in [3.63, 3.8) is 0 Å². The zero-order valence-electron chi connectivity index (χ0n) is 12.6. The summed E-state index contributed by atoms with van der Waals surface area (Å²) in [5, 5.41) is 1.14. The Morgan fingerprint density at radius 3 is 2.65 bits per heavy atom. The average Bonchev–Trinajstić information content (AvgIpc) is 3.02. The van der Waals surface area contributed by atoms with Crippen molar-refractivity contribution in [3.8, 4) is 0 Å². The van der Waals surface area contributed by atoms with E-state index in [1.807, 2.05) is 24.4 Å². The van der Waals surface area contributed by atoms with Crippen molar-refractivity contribution in [2.24, 2.45) is 0 Å². The van der Waals surface area contributed by atoms with Gasteiger partial charge >= 0.3 is 0 Å². The molecule has 0 saturated carbocycles. The number of rotatable bonds is 2. The fourth-order valence-corrected chi connectivity index (χ4v) is 3.32. The summed E-state index contributed by atoms with van der Waals surface area (Å²) in [7, 11) is 0. The Bertz CT molecular complexity index is 905. The Balaban J connectivity index is 1.68. The van der Waals surface area contributed by atoms with Crippen molar-refractivity contribution in [2.75, 3.05) is 0 Å². The van der Waals surface area contributed by atoms with E-state index in [1.54, 1.807) is 18.2 Å². The van der Waals surface area contributed by atoms with Crippen LogP contribution in [0.1, 0.15) is 29.9 Å². The number of H-pyrrole nitrogens is 1. The van der Waals surface area contributed by atoms with Gasteiger partial charge in [-0.05, 0) is 70.8 Å². The lowest BCUT2D eigenvalue weighted by Gasteiger charge is -2.23. The van der Waals surface area contributed by atoms with Gasteiger partial charge in [-0.3, -0.25) is 4.79 Å². The number of aromatic amines is 1. The van der Waals surface area contributed by atoms with Gasteiger partial charge in [0.25, 0.3) is 0 Å². The normalized spacial score (nSPS) is 18.2. The van der Waals surface area contributed by atoms with E-state index in [0.717, 1.165) is 34.0 Å². The molecule has 0 saturated heterocycles. The Hall–Kier alpha value is -2.68. The number of benzene rings is 2. The van der Waals surface area contributed by atoms with Gasteiger partial charge in [0.05, 0.1) is 0 Å². The first-order valence-corrected chi connectivity index (χ1v) is 7.75. The third-order valence-electron chi connectivity index (χ3n) is 4.51. The highest BCUT2D eigenvalue weighted by atomic mass is 19.1. The van der Waals surface area contributed by atoms with Crippen molar-refractivity contribution < 1.29 is 9.18 Å². The molecule has 0 spiro atoms. The van der Waals surface area contributed by atoms with Crippen molar-refractivity contribution >= 4 is 22.3 Å². The molecule has 3 heteroatoms. The summed E-state index contributed by atoms with van der Waals surface area (Å²) in [6.45, 7) is 0. The van der Waals surface area contributed by atoms with E-state index < -0.39 is 0 Å². The van der Waals surface area contributed by atoms with Crippen molar-refractivity contribution in [2.45, 2.75) is 18.8 Å². The van der Waals surface area contributed by atoms with Crippen LogP contribution in [0.2, 0.25) is 0 Å². The topological polar surface area (TPSA) is 32.9 Å². The fourth-order valence-electron chi connectivity index (χ4n) is 3.32. The molecule has 0 fully saturated rings. The maximum absolute atomic E-state index is 13.1. The van der Waals surface area contributed by atoms with Crippen LogP contribution in [0.15, 0.2) is 60.8 Å². The molecular weight excluding hydrogens is 289 g/mol. The lowest BCUT2D eigenvalue weighted by molar-refractivity contribution is -0.115. The van der Waals surface area contributed by atoms with Gasteiger partial charge in [0, 0.05) is 18.1 Å². The molecule has 0 amide bonds. The zero-order chi connectivity index (χ0) is 15.8. The van der Waals surface area contributed by atoms with Crippen LogP contribution in [-0.4, -0.2) is 10.8 Å². The van der Waals surface area contributed by atoms with Crippen LogP contribution >= 0.6 is 0 Å². The lowest BCUT2D eigenvalue weighted by Crippen LogP contribution is -2.12. The van der Waals surface area contributed by atoms with E-state index in [-0.39, 0.29) is 17.5 Å². The van der Waals surface area contributed by atoms with E-state index in [4.69, 9.17) is 0 Å². The molecule has 0 radical (unpaired) electrons. The van der Waals surface area contributed by atoms with E-state index >= 15 is 0 Å². The number of carbonyl (C=O) groups excluding carboxylic acids is 1. The highest BCUT2D eigenvalue weighted by Gasteiger charge is 2.23. The second-order valence-electron chi connectivity index (χ2n) is 6.07. The molecule has 114 valence electrons. The quantitative estimate of drug-likeness (QED) is 0.722. The van der Waals surface area contributed by atoms with E-state index in [9.17, 15) is 9.18 Å². The van der Waals surface area contributed by atoms with Crippen LogP contribution in [0.4, 0.5) is 4.39 Å². The van der Waals surface area contributed by atoms with Crippen LogP contribution < -0.4 is 0 Å². The minimum absolute atomic E-state index is 0.116. The largest absolute Gasteiger partial charge is 0.361 e. The van der Waals surface area contributed by atoms with Gasteiger partial charge < -0.3 is 4.98 Å². The highest BCUT2D eigenvalue weighted by molar-refractivity contribution is 6.00. The number of hydrogen-bond donors (Lipinski definition) is 1. The maximum atomic E-state index is 13.1. The number of allylic oxidation sites excluding steroid dienone is 2. The standard InChI is InChI=1S/C20H16FNO/c21-18-4-1-13(2-5-18)16-10-17(12-19(23)11-16)14-3-6-20-15(9-14)7-8-22-20/h1-9,12,16,22H,10-11H2/t16-/m1/s1. The maximum Gasteiger partial charge on any atom is 0.156 e. The molecule has 1 heterocycles. The van der Waals surface area contributed by atoms with Gasteiger partial charge in [0.15, 0.2) is 5.78 Å². The fraction of sp³-hybridized carbons (Fsp3) is 0.150. The third-order valence-corrected chi connectivity index (χ3v) is 4.51. The molecule has 1 atom stereocenters. The number of aromatic nitrogens is 1. The summed E-state index contributed by atoms with van der Waals surface area (Å²) in [5.41, 5.74) is 4.25. The first-order valence-electron chi connectivity index (χ1n) is 7.75. The molecule has 0 unspecified atom stereocenters. The molecule has 4 rings (SSSR count). The third kappa shape index (κ3) is 2.70. The Morgan fingerprint density at radius 1 is 1.00 bits per heavy atom. The van der Waals surface area contributed by atoms with Crippen molar-refractivity contribution in [1.82, 2.24) is 4.98 Å². The summed E-state index contributed by atoms with van der Waals surface area (Å²) in [6.07, 6.45) is 4.96. The van der Waals surface area contributed by atoms with Crippen LogP contribution in [0.5, 0.6) is 0 Å². The second kappa shape index (κ2) is 5.51. The molecular formula is C20H16FNO. The number of carbonyl (C=O) groups is 1. The predicted molar refractivity (Wildman–Crippen MR) is 89.7 cm³/mol. The van der Waals surface area contributed by atoms with Gasteiger partial charge in [-0.25, -0.2) is 4.39 Å². The van der Waals surface area contributed by atoms with Crippen molar-refractivity contribution in [3.05, 3.63) is 77.7 Å². The van der Waals surface area contributed by atoms with Gasteiger partial charge in [-0.15, -0.1) is 0 Å². The smallest absolute Gasteiger partial charge is 0.156 e. The minimum Gasteiger partial charge on any atom is -0.361 e. The summed E-state index contributed by atoms with van der Waals surface area (Å²) in [4.78, 5) is 15.3. The summed E-state index contributed by atoms with van der Waals surface area (Å²) >= 11 is 0. The first kappa shape index (κ1) is 13.9. The highest BCUT2D eigenvalue weighted by Crippen LogP contribution is 2.36. The number of fused-ring (bicyclic) bond motifs is 1. The molecule has 2 aromatic carbocycles. The van der Waals surface area contributed by atoms with Crippen LogP contribution in [-0.2, 0) is 4.79 Å². The van der Waals surface area contributed by atoms with Crippen LogP contribution in [0, 0.1) is 5.82 Å². The molecule has 1 N–H and O–H groups in total. The Kier molecular flexibility index (Phi) is 3.34. The molecule has 0 bridgehead atoms. The van der Waals surface area contributed by atoms with Gasteiger partial charge in [0.1, 0.15) is 5.82 Å². The molecule has 1 aliphatic rings. The van der Waals surface area contributed by atoms with Gasteiger partial charge in [-0.2, -0.15) is 0 Å². The summed E-state index contributed by atoms with van der Waals surface area (Å²) in [6, 6.07) is 14.7. The number of halogens is 1. The number of hydrogen-bond acceptors (Lipinski definition) is 1. The monoisotopic (exact) mass is 305 g/mol. The molecule has 23 heavy (non-hydrogen) atoms. The lowest BCUT2D eigenvalue weighted by atomic mass is 9.81. The van der Waals surface area contributed by atoms with Gasteiger partial charge in [-0.1, -0.05) is 18.2 Å². The second-order valence-corrected chi connectivity index (χ2v) is 6.07. The molecule has 1 aliphatic carbocycles. The van der Waals surface area contributed by atoms with Crippen LogP contribution in [0.25, 0.3) is 16.5 Å². The molecule has 2 nitrogen and oxygen atoms in total. The summed E-state index contributed by atoms with van der Waals surface area (Å²) in [5.74, 6) is 0.00400. The molecule has 0 aliphatic heterocycles. The minimum atomic E-state index is -0.246. The SMILES string of the molecule is O=C1C=C(c2ccc3[nH]ccc3c2)C[C@@H](c2ccc(F)cc2)C1. The number of nitrogens with one attached hydrogen (secondary N) is 1. The first-order chi connectivity index (χ1) is 11.2. The zero-order valence-corrected chi connectivity index (χ0v) is 12.6. The Morgan fingerprint density at radius 2 is 1.83 bits per heavy atom. The van der Waals surface area contributed by atoms with E-state index in [2.05, 4.69) is 11.1 Å². The predicted octanol–water partition coefficient (Wildman–Crippen LogP) is 4.84. The van der Waals surface area contributed by atoms with Gasteiger partial charge in [0.2, 0.25) is 0 Å². The molecule has 1 aromatic heterocycles. The van der Waals surface area contributed by atoms with Crippen molar-refractivity contribution in [1.29, 1.82) is 0 Å².